The number of anilines is 2. The van der Waals surface area contributed by atoms with E-state index in [2.05, 4.69) is 70.9 Å². The Hall–Kier alpha value is -1.70. The quantitative estimate of drug-likeness (QED) is 0.760. The van der Waals surface area contributed by atoms with Crippen LogP contribution in [0, 0.1) is 0 Å². The lowest BCUT2D eigenvalue weighted by Gasteiger charge is -2.36. The summed E-state index contributed by atoms with van der Waals surface area (Å²) in [6.07, 6.45) is 1.69. The van der Waals surface area contributed by atoms with E-state index in [4.69, 9.17) is 4.74 Å². The van der Waals surface area contributed by atoms with Gasteiger partial charge in [-0.15, -0.1) is 0 Å². The average molecular weight is 418 g/mol. The van der Waals surface area contributed by atoms with Gasteiger partial charge >= 0.3 is 0 Å². The third-order valence-electron chi connectivity index (χ3n) is 4.99. The molecule has 0 radical (unpaired) electrons. The zero-order valence-electron chi connectivity index (χ0n) is 14.9. The van der Waals surface area contributed by atoms with Crippen LogP contribution < -0.4 is 9.80 Å². The monoisotopic (exact) mass is 417 g/mol. The van der Waals surface area contributed by atoms with Crippen LogP contribution in [0.25, 0.3) is 0 Å². The zero-order chi connectivity index (χ0) is 17.8. The zero-order valence-corrected chi connectivity index (χ0v) is 16.4. The molecule has 1 aromatic heterocycles. The van der Waals surface area contributed by atoms with E-state index in [0.29, 0.717) is 0 Å². The maximum atomic E-state index is 5.43. The molecule has 26 heavy (non-hydrogen) atoms. The highest BCUT2D eigenvalue weighted by atomic mass is 79.9. The number of ether oxygens (including phenoxy) is 1. The van der Waals surface area contributed by atoms with E-state index in [1.807, 2.05) is 0 Å². The average Bonchev–Trinajstić information content (AvgIpc) is 2.71. The van der Waals surface area contributed by atoms with Gasteiger partial charge in [-0.25, -0.2) is 9.97 Å². The SMILES string of the molecule is Brc1ccc(CN2CCN(c3cc(N4CCOCC4)ncn3)CC2)cc1. The van der Waals surface area contributed by atoms with Crippen molar-refractivity contribution in [1.29, 1.82) is 0 Å². The van der Waals surface area contributed by atoms with Gasteiger partial charge in [0, 0.05) is 56.4 Å². The summed E-state index contributed by atoms with van der Waals surface area (Å²) in [6.45, 7) is 8.44. The van der Waals surface area contributed by atoms with Crippen LogP contribution in [0.2, 0.25) is 0 Å². The van der Waals surface area contributed by atoms with Gasteiger partial charge in [-0.2, -0.15) is 0 Å². The van der Waals surface area contributed by atoms with Gasteiger partial charge in [0.05, 0.1) is 13.2 Å². The van der Waals surface area contributed by atoms with Crippen molar-refractivity contribution in [2.75, 3.05) is 62.3 Å². The fourth-order valence-electron chi connectivity index (χ4n) is 3.46. The van der Waals surface area contributed by atoms with Crippen LogP contribution in [0.1, 0.15) is 5.56 Å². The van der Waals surface area contributed by atoms with Gasteiger partial charge in [0.1, 0.15) is 18.0 Å². The predicted octanol–water partition coefficient (Wildman–Crippen LogP) is 2.40. The summed E-state index contributed by atoms with van der Waals surface area (Å²) >= 11 is 3.50. The lowest BCUT2D eigenvalue weighted by Crippen LogP contribution is -2.46. The van der Waals surface area contributed by atoms with Crippen molar-refractivity contribution in [1.82, 2.24) is 14.9 Å². The predicted molar refractivity (Wildman–Crippen MR) is 107 cm³/mol. The Labute approximate surface area is 162 Å². The molecule has 0 bridgehead atoms. The molecule has 0 unspecified atom stereocenters. The molecule has 2 aliphatic rings. The highest BCUT2D eigenvalue weighted by molar-refractivity contribution is 9.10. The van der Waals surface area contributed by atoms with Gasteiger partial charge in [0.15, 0.2) is 0 Å². The summed E-state index contributed by atoms with van der Waals surface area (Å²) in [5.74, 6) is 2.04. The normalized spacial score (nSPS) is 19.0. The number of halogens is 1. The Balaban J connectivity index is 1.35. The second-order valence-corrected chi connectivity index (χ2v) is 7.64. The van der Waals surface area contributed by atoms with Crippen LogP contribution in [-0.4, -0.2) is 67.4 Å². The third kappa shape index (κ3) is 4.34. The molecule has 2 fully saturated rings. The van der Waals surface area contributed by atoms with Gasteiger partial charge in [-0.1, -0.05) is 28.1 Å². The first-order valence-corrected chi connectivity index (χ1v) is 9.94. The van der Waals surface area contributed by atoms with Crippen LogP contribution in [0.4, 0.5) is 11.6 Å². The molecule has 138 valence electrons. The standard InChI is InChI=1S/C19H24BrN5O/c20-17-3-1-16(2-4-17)14-23-5-7-24(8-6-23)18-13-19(22-15-21-18)25-9-11-26-12-10-25/h1-4,13,15H,5-12,14H2. The Kier molecular flexibility index (Phi) is 5.67. The van der Waals surface area contributed by atoms with Gasteiger partial charge in [0.25, 0.3) is 0 Å². The van der Waals surface area contributed by atoms with Crippen LogP contribution >= 0.6 is 15.9 Å². The number of rotatable bonds is 4. The molecule has 1 aromatic carbocycles. The lowest BCUT2D eigenvalue weighted by molar-refractivity contribution is 0.122. The molecular weight excluding hydrogens is 394 g/mol. The molecule has 0 atom stereocenters. The number of morpholine rings is 1. The Bertz CT molecular complexity index is 712. The molecule has 0 aliphatic carbocycles. The minimum atomic E-state index is 0.772. The van der Waals surface area contributed by atoms with E-state index in [1.54, 1.807) is 6.33 Å². The van der Waals surface area contributed by atoms with E-state index in [1.165, 1.54) is 5.56 Å². The largest absolute Gasteiger partial charge is 0.378 e. The van der Waals surface area contributed by atoms with Crippen molar-refractivity contribution < 1.29 is 4.74 Å². The van der Waals surface area contributed by atoms with Gasteiger partial charge < -0.3 is 14.5 Å². The number of aromatic nitrogens is 2. The van der Waals surface area contributed by atoms with Crippen LogP contribution in [0.5, 0.6) is 0 Å². The van der Waals surface area contributed by atoms with Gasteiger partial charge in [-0.3, -0.25) is 4.90 Å². The molecule has 2 aromatic rings. The van der Waals surface area contributed by atoms with Crippen LogP contribution in [0.3, 0.4) is 0 Å². The topological polar surface area (TPSA) is 44.7 Å². The summed E-state index contributed by atoms with van der Waals surface area (Å²) in [5.41, 5.74) is 1.36. The molecule has 2 aliphatic heterocycles. The number of hydrogen-bond acceptors (Lipinski definition) is 6. The number of benzene rings is 1. The minimum absolute atomic E-state index is 0.772. The van der Waals surface area contributed by atoms with E-state index in [-0.39, 0.29) is 0 Å². The molecule has 0 saturated carbocycles. The number of piperazine rings is 1. The van der Waals surface area contributed by atoms with Crippen molar-refractivity contribution in [2.45, 2.75) is 6.54 Å². The Morgan fingerprint density at radius 1 is 0.846 bits per heavy atom. The Morgan fingerprint density at radius 3 is 2.12 bits per heavy atom. The fourth-order valence-corrected chi connectivity index (χ4v) is 3.72. The smallest absolute Gasteiger partial charge is 0.134 e. The van der Waals surface area contributed by atoms with E-state index in [0.717, 1.165) is 75.1 Å². The number of nitrogens with zero attached hydrogens (tertiary/aromatic N) is 5. The van der Waals surface area contributed by atoms with Crippen molar-refractivity contribution >= 4 is 27.6 Å². The summed E-state index contributed by atoms with van der Waals surface area (Å²) in [6, 6.07) is 10.7. The first-order valence-electron chi connectivity index (χ1n) is 9.14. The lowest BCUT2D eigenvalue weighted by atomic mass is 10.2. The van der Waals surface area contributed by atoms with E-state index < -0.39 is 0 Å². The highest BCUT2D eigenvalue weighted by Gasteiger charge is 2.20. The molecule has 0 N–H and O–H groups in total. The highest BCUT2D eigenvalue weighted by Crippen LogP contribution is 2.20. The maximum Gasteiger partial charge on any atom is 0.134 e. The molecule has 0 spiro atoms. The van der Waals surface area contributed by atoms with Crippen LogP contribution in [-0.2, 0) is 11.3 Å². The third-order valence-corrected chi connectivity index (χ3v) is 5.52. The van der Waals surface area contributed by atoms with E-state index in [9.17, 15) is 0 Å². The summed E-state index contributed by atoms with van der Waals surface area (Å²) in [5, 5.41) is 0. The summed E-state index contributed by atoms with van der Waals surface area (Å²) in [4.78, 5) is 16.1. The van der Waals surface area contributed by atoms with Gasteiger partial charge in [-0.05, 0) is 17.7 Å². The molecule has 0 amide bonds. The second-order valence-electron chi connectivity index (χ2n) is 6.72. The maximum absolute atomic E-state index is 5.43. The fraction of sp³-hybridized carbons (Fsp3) is 0.474. The summed E-state index contributed by atoms with van der Waals surface area (Å²) in [7, 11) is 0. The molecule has 7 heteroatoms. The minimum Gasteiger partial charge on any atom is -0.378 e. The number of hydrogen-bond donors (Lipinski definition) is 0. The molecule has 6 nitrogen and oxygen atoms in total. The molecular formula is C19H24BrN5O. The second kappa shape index (κ2) is 8.33. The molecule has 2 saturated heterocycles. The van der Waals surface area contributed by atoms with Gasteiger partial charge in [0.2, 0.25) is 0 Å². The van der Waals surface area contributed by atoms with E-state index >= 15 is 0 Å². The summed E-state index contributed by atoms with van der Waals surface area (Å²) < 4.78 is 6.56. The van der Waals surface area contributed by atoms with Crippen molar-refractivity contribution in [3.63, 3.8) is 0 Å². The van der Waals surface area contributed by atoms with Crippen LogP contribution in [0.15, 0.2) is 41.1 Å². The van der Waals surface area contributed by atoms with Crippen molar-refractivity contribution in [3.05, 3.63) is 46.7 Å². The first-order chi connectivity index (χ1) is 12.8. The van der Waals surface area contributed by atoms with Crippen molar-refractivity contribution in [3.8, 4) is 0 Å². The molecule has 3 heterocycles. The first kappa shape index (κ1) is 17.7. The molecule has 4 rings (SSSR count). The van der Waals surface area contributed by atoms with Crippen molar-refractivity contribution in [2.24, 2.45) is 0 Å². The Morgan fingerprint density at radius 2 is 1.46 bits per heavy atom.